The minimum atomic E-state index is 0.267. The largest absolute Gasteiger partial charge is 0.281 e. The van der Waals surface area contributed by atoms with Crippen LogP contribution in [0.4, 0.5) is 0 Å². The van der Waals surface area contributed by atoms with E-state index in [2.05, 4.69) is 26.1 Å². The summed E-state index contributed by atoms with van der Waals surface area (Å²) in [4.78, 5) is 0. The molecule has 0 saturated heterocycles. The van der Waals surface area contributed by atoms with Crippen LogP contribution in [0.1, 0.15) is 18.5 Å². The fourth-order valence-corrected chi connectivity index (χ4v) is 1.30. The third kappa shape index (κ3) is 0.796. The maximum atomic E-state index is 3.87. The predicted molar refractivity (Wildman–Crippen MR) is 38.4 cm³/mol. The van der Waals surface area contributed by atoms with Crippen LogP contribution in [0.5, 0.6) is 0 Å². The summed E-state index contributed by atoms with van der Waals surface area (Å²) in [5.41, 5.74) is 1.21. The van der Waals surface area contributed by atoms with Crippen LogP contribution in [0.2, 0.25) is 0 Å². The van der Waals surface area contributed by atoms with Crippen molar-refractivity contribution in [1.82, 2.24) is 10.2 Å². The van der Waals surface area contributed by atoms with Gasteiger partial charge in [-0.3, -0.25) is 5.10 Å². The van der Waals surface area contributed by atoms with E-state index < -0.39 is 0 Å². The van der Waals surface area contributed by atoms with E-state index in [0.717, 1.165) is 0 Å². The monoisotopic (exact) mass is 186 g/mol. The lowest BCUT2D eigenvalue weighted by Crippen LogP contribution is -1.94. The number of aromatic amines is 1. The Bertz CT molecular complexity index is 201. The van der Waals surface area contributed by atoms with Crippen LogP contribution in [-0.2, 0) is 4.32 Å². The number of hydrogen-bond acceptors (Lipinski definition) is 1. The molecule has 1 aliphatic rings. The molecule has 1 aromatic rings. The van der Waals surface area contributed by atoms with Gasteiger partial charge in [0.25, 0.3) is 0 Å². The zero-order chi connectivity index (χ0) is 6.32. The van der Waals surface area contributed by atoms with Crippen molar-refractivity contribution in [3.63, 3.8) is 0 Å². The van der Waals surface area contributed by atoms with Gasteiger partial charge in [-0.05, 0) is 18.9 Å². The van der Waals surface area contributed by atoms with Crippen LogP contribution in [0.15, 0.2) is 12.3 Å². The molecular weight excluding hydrogens is 180 g/mol. The number of nitrogens with one attached hydrogen (secondary N) is 1. The van der Waals surface area contributed by atoms with E-state index in [0.29, 0.717) is 0 Å². The van der Waals surface area contributed by atoms with E-state index in [9.17, 15) is 0 Å². The molecular formula is C6H7BrN2. The molecule has 48 valence electrons. The first kappa shape index (κ1) is 5.47. The van der Waals surface area contributed by atoms with Crippen molar-refractivity contribution in [3.05, 3.63) is 18.0 Å². The molecule has 1 aromatic heterocycles. The Morgan fingerprint density at radius 3 is 2.89 bits per heavy atom. The van der Waals surface area contributed by atoms with Crippen molar-refractivity contribution < 1.29 is 0 Å². The van der Waals surface area contributed by atoms with Gasteiger partial charge in [-0.1, -0.05) is 15.9 Å². The van der Waals surface area contributed by atoms with E-state index in [-0.39, 0.29) is 4.32 Å². The van der Waals surface area contributed by atoms with Gasteiger partial charge in [-0.15, -0.1) is 0 Å². The van der Waals surface area contributed by atoms with Crippen LogP contribution in [-0.4, -0.2) is 10.2 Å². The molecule has 0 aliphatic heterocycles. The maximum Gasteiger partial charge on any atom is 0.0673 e. The third-order valence-electron chi connectivity index (χ3n) is 1.67. The highest BCUT2D eigenvalue weighted by atomic mass is 79.9. The number of nitrogens with zero attached hydrogens (tertiary/aromatic N) is 1. The molecule has 0 amide bonds. The molecule has 1 saturated carbocycles. The lowest BCUT2D eigenvalue weighted by molar-refractivity contribution is 0.930. The molecule has 0 atom stereocenters. The van der Waals surface area contributed by atoms with Gasteiger partial charge in [-0.2, -0.15) is 5.10 Å². The average molecular weight is 187 g/mol. The number of halogens is 1. The highest BCUT2D eigenvalue weighted by Gasteiger charge is 2.42. The summed E-state index contributed by atoms with van der Waals surface area (Å²) in [6.07, 6.45) is 4.25. The highest BCUT2D eigenvalue weighted by molar-refractivity contribution is 9.09. The van der Waals surface area contributed by atoms with Crippen molar-refractivity contribution in [2.75, 3.05) is 0 Å². The first-order valence-corrected chi connectivity index (χ1v) is 3.79. The standard InChI is InChI=1S/C6H7BrN2/c7-6(2-3-6)5-1-4-8-9-5/h1,4H,2-3H2,(H,8,9). The predicted octanol–water partition coefficient (Wildman–Crippen LogP) is 1.79. The fraction of sp³-hybridized carbons (Fsp3) is 0.500. The van der Waals surface area contributed by atoms with E-state index in [1.165, 1.54) is 18.5 Å². The zero-order valence-corrected chi connectivity index (χ0v) is 6.48. The van der Waals surface area contributed by atoms with Crippen LogP contribution in [0.3, 0.4) is 0 Å². The lowest BCUT2D eigenvalue weighted by Gasteiger charge is -1.98. The summed E-state index contributed by atoms with van der Waals surface area (Å²) in [7, 11) is 0. The first-order chi connectivity index (χ1) is 4.31. The molecule has 0 spiro atoms. The second kappa shape index (κ2) is 1.59. The molecule has 1 N–H and O–H groups in total. The number of alkyl halides is 1. The van der Waals surface area contributed by atoms with Gasteiger partial charge in [0, 0.05) is 6.20 Å². The smallest absolute Gasteiger partial charge is 0.0673 e. The van der Waals surface area contributed by atoms with Crippen LogP contribution >= 0.6 is 15.9 Å². The number of aromatic nitrogens is 2. The summed E-state index contributed by atoms with van der Waals surface area (Å²) < 4.78 is 0.267. The zero-order valence-electron chi connectivity index (χ0n) is 4.89. The second-order valence-electron chi connectivity index (χ2n) is 2.44. The third-order valence-corrected chi connectivity index (χ3v) is 2.89. The molecule has 0 unspecified atom stereocenters. The molecule has 0 aromatic carbocycles. The van der Waals surface area contributed by atoms with Crippen molar-refractivity contribution in [2.24, 2.45) is 0 Å². The van der Waals surface area contributed by atoms with Crippen LogP contribution in [0.25, 0.3) is 0 Å². The molecule has 2 rings (SSSR count). The van der Waals surface area contributed by atoms with E-state index in [4.69, 9.17) is 0 Å². The van der Waals surface area contributed by atoms with Crippen molar-refractivity contribution >= 4 is 15.9 Å². The summed E-state index contributed by atoms with van der Waals surface area (Å²) >= 11 is 3.61. The number of H-pyrrole nitrogens is 1. The van der Waals surface area contributed by atoms with Crippen LogP contribution in [0, 0.1) is 0 Å². The van der Waals surface area contributed by atoms with E-state index in [1.54, 1.807) is 6.20 Å². The van der Waals surface area contributed by atoms with Gasteiger partial charge < -0.3 is 0 Å². The molecule has 1 fully saturated rings. The molecule has 0 bridgehead atoms. The molecule has 3 heteroatoms. The SMILES string of the molecule is BrC1(c2ccn[nH]2)CC1. The minimum Gasteiger partial charge on any atom is -0.281 e. The Hall–Kier alpha value is -0.310. The number of hydrogen-bond donors (Lipinski definition) is 1. The van der Waals surface area contributed by atoms with E-state index in [1.807, 2.05) is 6.07 Å². The Morgan fingerprint density at radius 1 is 1.67 bits per heavy atom. The van der Waals surface area contributed by atoms with E-state index >= 15 is 0 Å². The van der Waals surface area contributed by atoms with Gasteiger partial charge >= 0.3 is 0 Å². The molecule has 2 nitrogen and oxygen atoms in total. The second-order valence-corrected chi connectivity index (χ2v) is 3.95. The van der Waals surface area contributed by atoms with Gasteiger partial charge in [0.15, 0.2) is 0 Å². The summed E-state index contributed by atoms with van der Waals surface area (Å²) in [6, 6.07) is 2.02. The van der Waals surface area contributed by atoms with Crippen molar-refractivity contribution in [3.8, 4) is 0 Å². The first-order valence-electron chi connectivity index (χ1n) is 3.00. The van der Waals surface area contributed by atoms with Gasteiger partial charge in [0.1, 0.15) is 0 Å². The molecule has 1 heterocycles. The Morgan fingerprint density at radius 2 is 2.44 bits per heavy atom. The van der Waals surface area contributed by atoms with Gasteiger partial charge in [-0.25, -0.2) is 0 Å². The summed E-state index contributed by atoms with van der Waals surface area (Å²) in [6.45, 7) is 0. The summed E-state index contributed by atoms with van der Waals surface area (Å²) in [5.74, 6) is 0. The molecule has 0 radical (unpaired) electrons. The average Bonchev–Trinajstić information content (AvgIpc) is 2.46. The number of rotatable bonds is 1. The van der Waals surface area contributed by atoms with Gasteiger partial charge in [0.2, 0.25) is 0 Å². The van der Waals surface area contributed by atoms with Crippen molar-refractivity contribution in [2.45, 2.75) is 17.2 Å². The topological polar surface area (TPSA) is 28.7 Å². The Labute approximate surface area is 61.8 Å². The fourth-order valence-electron chi connectivity index (χ4n) is 0.884. The maximum absolute atomic E-state index is 3.87. The molecule has 9 heavy (non-hydrogen) atoms. The quantitative estimate of drug-likeness (QED) is 0.667. The van der Waals surface area contributed by atoms with Crippen LogP contribution < -0.4 is 0 Å². The molecule has 1 aliphatic carbocycles. The minimum absolute atomic E-state index is 0.267. The Kier molecular flexibility index (Phi) is 0.970. The van der Waals surface area contributed by atoms with Crippen molar-refractivity contribution in [1.29, 1.82) is 0 Å². The normalized spacial score (nSPS) is 21.9. The summed E-state index contributed by atoms with van der Waals surface area (Å²) in [5, 5.41) is 6.82. The highest BCUT2D eigenvalue weighted by Crippen LogP contribution is 2.52. The Balaban J connectivity index is 2.34. The van der Waals surface area contributed by atoms with Gasteiger partial charge in [0.05, 0.1) is 10.0 Å². The lowest BCUT2D eigenvalue weighted by atomic mass is 10.3.